The first-order valence-corrected chi connectivity index (χ1v) is 9.45. The number of nitrogens with zero attached hydrogens (tertiary/aromatic N) is 2. The molecule has 6 heteroatoms. The molecule has 0 aliphatic carbocycles. The van der Waals surface area contributed by atoms with E-state index in [0.29, 0.717) is 22.7 Å². The maximum absolute atomic E-state index is 12.7. The van der Waals surface area contributed by atoms with Crippen LogP contribution in [0.15, 0.2) is 91.4 Å². The molecule has 6 nitrogen and oxygen atoms in total. The lowest BCUT2D eigenvalue weighted by Crippen LogP contribution is -2.12. The molecule has 4 aromatic rings. The molecule has 0 fully saturated rings. The van der Waals surface area contributed by atoms with E-state index in [2.05, 4.69) is 20.6 Å². The van der Waals surface area contributed by atoms with Crippen molar-refractivity contribution >= 4 is 23.0 Å². The molecule has 0 aliphatic rings. The molecule has 0 unspecified atom stereocenters. The molecule has 0 spiro atoms. The molecule has 2 aromatic heterocycles. The highest BCUT2D eigenvalue weighted by atomic mass is 16.5. The summed E-state index contributed by atoms with van der Waals surface area (Å²) in [6.07, 6.45) is 5.07. The van der Waals surface area contributed by atoms with Crippen molar-refractivity contribution < 1.29 is 9.53 Å². The van der Waals surface area contributed by atoms with Crippen LogP contribution in [-0.4, -0.2) is 15.9 Å². The number of hydrogen-bond acceptors (Lipinski definition) is 5. The van der Waals surface area contributed by atoms with Crippen LogP contribution in [0.5, 0.6) is 11.5 Å². The zero-order valence-corrected chi connectivity index (χ0v) is 16.4. The third-order valence-electron chi connectivity index (χ3n) is 4.29. The van der Waals surface area contributed by atoms with Crippen LogP contribution < -0.4 is 15.4 Å². The Bertz CT molecular complexity index is 1160. The van der Waals surface area contributed by atoms with Gasteiger partial charge in [0.15, 0.2) is 0 Å². The van der Waals surface area contributed by atoms with Crippen molar-refractivity contribution in [1.82, 2.24) is 9.97 Å². The van der Waals surface area contributed by atoms with Gasteiger partial charge in [0.05, 0.1) is 0 Å². The van der Waals surface area contributed by atoms with Gasteiger partial charge in [0, 0.05) is 53.0 Å². The summed E-state index contributed by atoms with van der Waals surface area (Å²) in [5.41, 5.74) is 3.85. The zero-order chi connectivity index (χ0) is 20.8. The molecule has 0 bridgehead atoms. The van der Waals surface area contributed by atoms with Gasteiger partial charge in [0.25, 0.3) is 5.91 Å². The minimum absolute atomic E-state index is 0.203. The van der Waals surface area contributed by atoms with Crippen molar-refractivity contribution in [3.63, 3.8) is 0 Å². The Labute approximate surface area is 174 Å². The molecule has 148 valence electrons. The van der Waals surface area contributed by atoms with E-state index in [0.717, 1.165) is 17.1 Å². The van der Waals surface area contributed by atoms with Crippen LogP contribution in [-0.2, 0) is 0 Å². The minimum Gasteiger partial charge on any atom is -0.457 e. The van der Waals surface area contributed by atoms with E-state index in [1.165, 1.54) is 0 Å². The summed E-state index contributed by atoms with van der Waals surface area (Å²) in [6.45, 7) is 1.93. The monoisotopic (exact) mass is 396 g/mol. The number of aromatic nitrogens is 2. The number of ether oxygens (including phenoxy) is 1. The number of benzene rings is 2. The third kappa shape index (κ3) is 4.99. The Morgan fingerprint density at radius 2 is 1.57 bits per heavy atom. The fraction of sp³-hybridized carbons (Fsp3) is 0.0417. The molecular formula is C24H20N4O2. The third-order valence-corrected chi connectivity index (χ3v) is 4.29. The molecule has 0 atom stereocenters. The number of nitrogens with one attached hydrogen (secondary N) is 2. The van der Waals surface area contributed by atoms with Gasteiger partial charge in [-0.1, -0.05) is 12.1 Å². The van der Waals surface area contributed by atoms with Gasteiger partial charge in [0.1, 0.15) is 11.5 Å². The topological polar surface area (TPSA) is 76.1 Å². The van der Waals surface area contributed by atoms with Crippen molar-refractivity contribution in [3.8, 4) is 11.5 Å². The standard InChI is InChI=1S/C24H20N4O2/c1-17-14-21(8-13-26-17)27-19-5-2-4-18(15-19)24(29)28-20-6-3-7-23(16-20)30-22-9-11-25-12-10-22/h2-16H,1H3,(H,26,27)(H,28,29). The molecule has 2 aromatic carbocycles. The maximum Gasteiger partial charge on any atom is 0.255 e. The number of pyridine rings is 2. The first-order chi connectivity index (χ1) is 14.7. The summed E-state index contributed by atoms with van der Waals surface area (Å²) in [5, 5.41) is 6.21. The Morgan fingerprint density at radius 1 is 0.800 bits per heavy atom. The highest BCUT2D eigenvalue weighted by Gasteiger charge is 2.08. The maximum atomic E-state index is 12.7. The van der Waals surface area contributed by atoms with Gasteiger partial charge in [-0.3, -0.25) is 14.8 Å². The van der Waals surface area contributed by atoms with E-state index in [1.54, 1.807) is 42.9 Å². The number of rotatable bonds is 6. The van der Waals surface area contributed by atoms with Gasteiger partial charge >= 0.3 is 0 Å². The fourth-order valence-electron chi connectivity index (χ4n) is 2.91. The second-order valence-electron chi connectivity index (χ2n) is 6.66. The van der Waals surface area contributed by atoms with Crippen molar-refractivity contribution in [2.45, 2.75) is 6.92 Å². The second-order valence-corrected chi connectivity index (χ2v) is 6.66. The highest BCUT2D eigenvalue weighted by Crippen LogP contribution is 2.24. The van der Waals surface area contributed by atoms with Crippen molar-refractivity contribution in [3.05, 3.63) is 103 Å². The summed E-state index contributed by atoms with van der Waals surface area (Å²) >= 11 is 0. The number of carbonyl (C=O) groups excluding carboxylic acids is 1. The number of anilines is 3. The normalized spacial score (nSPS) is 10.3. The lowest BCUT2D eigenvalue weighted by atomic mass is 10.1. The number of hydrogen-bond donors (Lipinski definition) is 2. The minimum atomic E-state index is -0.203. The highest BCUT2D eigenvalue weighted by molar-refractivity contribution is 6.05. The first-order valence-electron chi connectivity index (χ1n) is 9.45. The first kappa shape index (κ1) is 19.1. The lowest BCUT2D eigenvalue weighted by molar-refractivity contribution is 0.102. The summed E-state index contributed by atoms with van der Waals surface area (Å²) in [6, 6.07) is 22.0. The quantitative estimate of drug-likeness (QED) is 0.445. The van der Waals surface area contributed by atoms with Crippen LogP contribution in [0.4, 0.5) is 17.1 Å². The van der Waals surface area contributed by atoms with Gasteiger partial charge in [-0.2, -0.15) is 0 Å². The SMILES string of the molecule is Cc1cc(Nc2cccc(C(=O)Nc3cccc(Oc4ccncc4)c3)c2)ccn1. The Balaban J connectivity index is 1.46. The second kappa shape index (κ2) is 8.87. The largest absolute Gasteiger partial charge is 0.457 e. The lowest BCUT2D eigenvalue weighted by Gasteiger charge is -2.11. The molecule has 30 heavy (non-hydrogen) atoms. The van der Waals surface area contributed by atoms with Crippen LogP contribution in [0.25, 0.3) is 0 Å². The molecular weight excluding hydrogens is 376 g/mol. The summed E-state index contributed by atoms with van der Waals surface area (Å²) in [4.78, 5) is 20.9. The molecule has 2 heterocycles. The van der Waals surface area contributed by atoms with Gasteiger partial charge in [-0.15, -0.1) is 0 Å². The molecule has 0 saturated heterocycles. The average molecular weight is 396 g/mol. The Morgan fingerprint density at radius 3 is 2.40 bits per heavy atom. The molecule has 1 amide bonds. The van der Waals surface area contributed by atoms with Crippen LogP contribution in [0.3, 0.4) is 0 Å². The molecule has 4 rings (SSSR count). The number of amides is 1. The molecule has 0 aliphatic heterocycles. The summed E-state index contributed by atoms with van der Waals surface area (Å²) < 4.78 is 5.80. The van der Waals surface area contributed by atoms with E-state index in [1.807, 2.05) is 55.5 Å². The van der Waals surface area contributed by atoms with E-state index in [-0.39, 0.29) is 5.91 Å². The molecule has 2 N–H and O–H groups in total. The van der Waals surface area contributed by atoms with Gasteiger partial charge in [-0.05, 0) is 61.5 Å². The van der Waals surface area contributed by atoms with Gasteiger partial charge < -0.3 is 15.4 Å². The number of carbonyl (C=O) groups is 1. The van der Waals surface area contributed by atoms with Crippen LogP contribution in [0.1, 0.15) is 16.1 Å². The number of aryl methyl sites for hydroxylation is 1. The fourth-order valence-corrected chi connectivity index (χ4v) is 2.91. The van der Waals surface area contributed by atoms with E-state index >= 15 is 0 Å². The predicted octanol–water partition coefficient (Wildman–Crippen LogP) is 5.57. The van der Waals surface area contributed by atoms with Crippen molar-refractivity contribution in [2.75, 3.05) is 10.6 Å². The Hall–Kier alpha value is -4.19. The molecule has 0 saturated carbocycles. The Kier molecular flexibility index (Phi) is 5.66. The summed E-state index contributed by atoms with van der Waals surface area (Å²) in [7, 11) is 0. The van der Waals surface area contributed by atoms with E-state index < -0.39 is 0 Å². The van der Waals surface area contributed by atoms with Crippen LogP contribution in [0.2, 0.25) is 0 Å². The van der Waals surface area contributed by atoms with Gasteiger partial charge in [0.2, 0.25) is 0 Å². The van der Waals surface area contributed by atoms with Crippen molar-refractivity contribution in [1.29, 1.82) is 0 Å². The van der Waals surface area contributed by atoms with E-state index in [9.17, 15) is 4.79 Å². The molecule has 0 radical (unpaired) electrons. The zero-order valence-electron chi connectivity index (χ0n) is 16.4. The van der Waals surface area contributed by atoms with Gasteiger partial charge in [-0.25, -0.2) is 0 Å². The van der Waals surface area contributed by atoms with Crippen LogP contribution in [0, 0.1) is 6.92 Å². The van der Waals surface area contributed by atoms with Crippen LogP contribution >= 0.6 is 0 Å². The van der Waals surface area contributed by atoms with Crippen molar-refractivity contribution in [2.24, 2.45) is 0 Å². The van der Waals surface area contributed by atoms with E-state index in [4.69, 9.17) is 4.74 Å². The smallest absolute Gasteiger partial charge is 0.255 e. The summed E-state index contributed by atoms with van der Waals surface area (Å²) in [5.74, 6) is 1.10. The predicted molar refractivity (Wildman–Crippen MR) is 117 cm³/mol. The average Bonchev–Trinajstić information content (AvgIpc) is 2.75.